The van der Waals surface area contributed by atoms with E-state index >= 15 is 0 Å². The largest absolute Gasteiger partial charge is 0.496 e. The Hall–Kier alpha value is -2.00. The molecule has 3 nitrogen and oxygen atoms in total. The van der Waals surface area contributed by atoms with E-state index in [1.54, 1.807) is 7.11 Å². The summed E-state index contributed by atoms with van der Waals surface area (Å²) in [7, 11) is 1.59. The van der Waals surface area contributed by atoms with Crippen molar-refractivity contribution in [3.8, 4) is 11.5 Å². The molecule has 2 rings (SSSR count). The van der Waals surface area contributed by atoms with E-state index in [0.29, 0.717) is 5.75 Å². The number of benzene rings is 2. The Morgan fingerprint density at radius 1 is 1.00 bits per heavy atom. The van der Waals surface area contributed by atoms with E-state index in [0.717, 1.165) is 16.9 Å². The van der Waals surface area contributed by atoms with Gasteiger partial charge in [-0.2, -0.15) is 0 Å². The van der Waals surface area contributed by atoms with Crippen molar-refractivity contribution in [1.82, 2.24) is 0 Å². The fourth-order valence-electron chi connectivity index (χ4n) is 1.92. The van der Waals surface area contributed by atoms with Gasteiger partial charge in [-0.3, -0.25) is 0 Å². The third-order valence-corrected chi connectivity index (χ3v) is 2.99. The molecule has 0 spiro atoms. The van der Waals surface area contributed by atoms with E-state index < -0.39 is 6.10 Å². The standard InChI is InChI=1S/C16H18O3/c1-12-7-3-5-9-15(12)19-11-14(17)13-8-4-6-10-16(13)18-2/h3-10,14,17H,11H2,1-2H3. The highest BCUT2D eigenvalue weighted by atomic mass is 16.5. The summed E-state index contributed by atoms with van der Waals surface area (Å²) >= 11 is 0. The fourth-order valence-corrected chi connectivity index (χ4v) is 1.92. The maximum absolute atomic E-state index is 10.2. The molecule has 3 heteroatoms. The van der Waals surface area contributed by atoms with Crippen molar-refractivity contribution < 1.29 is 14.6 Å². The van der Waals surface area contributed by atoms with Gasteiger partial charge in [0.05, 0.1) is 7.11 Å². The minimum atomic E-state index is -0.712. The maximum Gasteiger partial charge on any atom is 0.124 e. The molecule has 0 aromatic heterocycles. The molecule has 1 atom stereocenters. The van der Waals surface area contributed by atoms with Crippen LogP contribution in [0.25, 0.3) is 0 Å². The summed E-state index contributed by atoms with van der Waals surface area (Å²) in [6.45, 7) is 2.18. The van der Waals surface area contributed by atoms with Crippen molar-refractivity contribution >= 4 is 0 Å². The van der Waals surface area contributed by atoms with Crippen LogP contribution in [0.15, 0.2) is 48.5 Å². The maximum atomic E-state index is 10.2. The summed E-state index contributed by atoms with van der Waals surface area (Å²) in [6, 6.07) is 15.1. The van der Waals surface area contributed by atoms with Gasteiger partial charge in [-0.15, -0.1) is 0 Å². The van der Waals surface area contributed by atoms with Crippen molar-refractivity contribution in [2.45, 2.75) is 13.0 Å². The Labute approximate surface area is 113 Å². The molecule has 2 aromatic carbocycles. The number of aliphatic hydroxyl groups is 1. The van der Waals surface area contributed by atoms with E-state index in [2.05, 4.69) is 0 Å². The van der Waals surface area contributed by atoms with E-state index in [1.807, 2.05) is 55.5 Å². The predicted octanol–water partition coefficient (Wildman–Crippen LogP) is 3.12. The molecule has 0 aliphatic heterocycles. The molecule has 0 saturated heterocycles. The summed E-state index contributed by atoms with van der Waals surface area (Å²) in [5.74, 6) is 1.46. The van der Waals surface area contributed by atoms with E-state index in [1.165, 1.54) is 0 Å². The van der Waals surface area contributed by atoms with Crippen LogP contribution in [0.5, 0.6) is 11.5 Å². The Bertz CT molecular complexity index is 537. The highest BCUT2D eigenvalue weighted by Gasteiger charge is 2.13. The zero-order valence-electron chi connectivity index (χ0n) is 11.2. The van der Waals surface area contributed by atoms with Gasteiger partial charge in [0.1, 0.15) is 24.2 Å². The zero-order valence-corrected chi connectivity index (χ0v) is 11.2. The quantitative estimate of drug-likeness (QED) is 0.895. The van der Waals surface area contributed by atoms with Crippen LogP contribution < -0.4 is 9.47 Å². The smallest absolute Gasteiger partial charge is 0.124 e. The Kier molecular flexibility index (Phi) is 4.42. The van der Waals surface area contributed by atoms with Gasteiger partial charge >= 0.3 is 0 Å². The van der Waals surface area contributed by atoms with Crippen molar-refractivity contribution in [3.63, 3.8) is 0 Å². The van der Waals surface area contributed by atoms with Crippen LogP contribution in [0.3, 0.4) is 0 Å². The lowest BCUT2D eigenvalue weighted by Crippen LogP contribution is -2.11. The molecular weight excluding hydrogens is 240 g/mol. The second kappa shape index (κ2) is 6.25. The summed E-state index contributed by atoms with van der Waals surface area (Å²) in [5, 5.41) is 10.2. The van der Waals surface area contributed by atoms with Crippen LogP contribution in [0.4, 0.5) is 0 Å². The molecule has 0 fully saturated rings. The number of ether oxygens (including phenoxy) is 2. The molecule has 0 heterocycles. The first kappa shape index (κ1) is 13.4. The van der Waals surface area contributed by atoms with Gasteiger partial charge < -0.3 is 14.6 Å². The molecule has 0 aliphatic carbocycles. The topological polar surface area (TPSA) is 38.7 Å². The minimum absolute atomic E-state index is 0.200. The second-order valence-corrected chi connectivity index (χ2v) is 4.33. The number of aryl methyl sites for hydroxylation is 1. The van der Waals surface area contributed by atoms with Crippen molar-refractivity contribution in [3.05, 3.63) is 59.7 Å². The third kappa shape index (κ3) is 3.26. The fraction of sp³-hybridized carbons (Fsp3) is 0.250. The number of hydrogen-bond acceptors (Lipinski definition) is 3. The molecule has 0 aliphatic rings. The molecule has 0 saturated carbocycles. The molecule has 19 heavy (non-hydrogen) atoms. The molecule has 1 unspecified atom stereocenters. The molecule has 0 bridgehead atoms. The highest BCUT2D eigenvalue weighted by Crippen LogP contribution is 2.26. The van der Waals surface area contributed by atoms with Crippen molar-refractivity contribution in [1.29, 1.82) is 0 Å². The zero-order chi connectivity index (χ0) is 13.7. The average Bonchev–Trinajstić information content (AvgIpc) is 2.46. The summed E-state index contributed by atoms with van der Waals surface area (Å²) < 4.78 is 10.9. The van der Waals surface area contributed by atoms with Crippen LogP contribution in [-0.2, 0) is 0 Å². The number of hydrogen-bond donors (Lipinski definition) is 1. The number of methoxy groups -OCH3 is 1. The van der Waals surface area contributed by atoms with Gasteiger partial charge in [-0.25, -0.2) is 0 Å². The molecule has 0 amide bonds. The van der Waals surface area contributed by atoms with Gasteiger partial charge in [0.25, 0.3) is 0 Å². The molecule has 2 aromatic rings. The predicted molar refractivity (Wildman–Crippen MR) is 74.6 cm³/mol. The summed E-state index contributed by atoms with van der Waals surface area (Å²) in [5.41, 5.74) is 1.79. The van der Waals surface area contributed by atoms with Crippen LogP contribution in [0, 0.1) is 6.92 Å². The number of aliphatic hydroxyl groups excluding tert-OH is 1. The monoisotopic (exact) mass is 258 g/mol. The van der Waals surface area contributed by atoms with E-state index in [-0.39, 0.29) is 6.61 Å². The Balaban J connectivity index is 2.05. The minimum Gasteiger partial charge on any atom is -0.496 e. The second-order valence-electron chi connectivity index (χ2n) is 4.33. The van der Waals surface area contributed by atoms with Crippen LogP contribution in [0.1, 0.15) is 17.2 Å². The first-order valence-corrected chi connectivity index (χ1v) is 6.21. The van der Waals surface area contributed by atoms with Crippen molar-refractivity contribution in [2.75, 3.05) is 13.7 Å². The van der Waals surface area contributed by atoms with Gasteiger partial charge in [-0.05, 0) is 24.6 Å². The number of rotatable bonds is 5. The van der Waals surface area contributed by atoms with Gasteiger partial charge in [0.15, 0.2) is 0 Å². The highest BCUT2D eigenvalue weighted by molar-refractivity contribution is 5.36. The van der Waals surface area contributed by atoms with Gasteiger partial charge in [0.2, 0.25) is 0 Å². The lowest BCUT2D eigenvalue weighted by atomic mass is 10.1. The SMILES string of the molecule is COc1ccccc1C(O)COc1ccccc1C. The average molecular weight is 258 g/mol. The first-order valence-electron chi connectivity index (χ1n) is 6.21. The number of para-hydroxylation sites is 2. The molecule has 0 radical (unpaired) electrons. The van der Waals surface area contributed by atoms with E-state index in [4.69, 9.17) is 9.47 Å². The molecule has 100 valence electrons. The lowest BCUT2D eigenvalue weighted by Gasteiger charge is -2.16. The van der Waals surface area contributed by atoms with Gasteiger partial charge in [-0.1, -0.05) is 36.4 Å². The van der Waals surface area contributed by atoms with Crippen LogP contribution in [0.2, 0.25) is 0 Å². The molecule has 1 N–H and O–H groups in total. The van der Waals surface area contributed by atoms with Crippen molar-refractivity contribution in [2.24, 2.45) is 0 Å². The summed E-state index contributed by atoms with van der Waals surface area (Å²) in [4.78, 5) is 0. The Morgan fingerprint density at radius 3 is 2.32 bits per heavy atom. The normalized spacial score (nSPS) is 11.9. The summed E-state index contributed by atoms with van der Waals surface area (Å²) in [6.07, 6.45) is -0.712. The molecular formula is C16H18O3. The first-order chi connectivity index (χ1) is 9.22. The Morgan fingerprint density at radius 2 is 1.63 bits per heavy atom. The van der Waals surface area contributed by atoms with Gasteiger partial charge in [0, 0.05) is 5.56 Å². The third-order valence-electron chi connectivity index (χ3n) is 2.99. The van der Waals surface area contributed by atoms with E-state index in [9.17, 15) is 5.11 Å². The van der Waals surface area contributed by atoms with Crippen LogP contribution >= 0.6 is 0 Å². The lowest BCUT2D eigenvalue weighted by molar-refractivity contribution is 0.105. The van der Waals surface area contributed by atoms with Crippen LogP contribution in [-0.4, -0.2) is 18.8 Å².